The maximum atomic E-state index is 11.5. The van der Waals surface area contributed by atoms with Crippen LogP contribution in [0.1, 0.15) is 32.9 Å². The van der Waals surface area contributed by atoms with Crippen LogP contribution in [-0.2, 0) is 4.79 Å². The molecule has 0 saturated carbocycles. The van der Waals surface area contributed by atoms with Gasteiger partial charge >= 0.3 is 0 Å². The summed E-state index contributed by atoms with van der Waals surface area (Å²) >= 11 is 0. The predicted octanol–water partition coefficient (Wildman–Crippen LogP) is 0.713. The van der Waals surface area contributed by atoms with Crippen molar-refractivity contribution in [3.8, 4) is 0 Å². The highest BCUT2D eigenvalue weighted by molar-refractivity contribution is 5.89. The second-order valence-corrected chi connectivity index (χ2v) is 3.61. The summed E-state index contributed by atoms with van der Waals surface area (Å²) in [7, 11) is 0. The van der Waals surface area contributed by atoms with Crippen molar-refractivity contribution in [2.24, 2.45) is 5.41 Å². The van der Waals surface area contributed by atoms with Gasteiger partial charge in [-0.15, -0.1) is 0 Å². The quantitative estimate of drug-likeness (QED) is 0.721. The van der Waals surface area contributed by atoms with E-state index in [1.54, 1.807) is 11.0 Å². The van der Waals surface area contributed by atoms with E-state index in [0.717, 1.165) is 12.8 Å². The lowest BCUT2D eigenvalue weighted by Crippen LogP contribution is -2.63. The third-order valence-electron chi connectivity index (χ3n) is 3.21. The van der Waals surface area contributed by atoms with Gasteiger partial charge in [0.15, 0.2) is 0 Å². The molecule has 1 unspecified atom stereocenters. The van der Waals surface area contributed by atoms with Gasteiger partial charge in [0.2, 0.25) is 5.91 Å². The Bertz CT molecular complexity index is 329. The number of nitrogens with one attached hydrogen (secondary N) is 1. The monoisotopic (exact) mass is 194 g/mol. The molecule has 1 atom stereocenters. The predicted molar refractivity (Wildman–Crippen MR) is 50.2 cm³/mol. The van der Waals surface area contributed by atoms with Gasteiger partial charge in [0, 0.05) is 0 Å². The second kappa shape index (κ2) is 3.08. The largest absolute Gasteiger partial charge is 0.333 e. The van der Waals surface area contributed by atoms with Gasteiger partial charge in [-0.2, -0.15) is 5.10 Å². The fraction of sp³-hybridized carbons (Fsp3) is 0.667. The van der Waals surface area contributed by atoms with E-state index < -0.39 is 0 Å². The molecule has 2 rings (SSSR count). The first-order chi connectivity index (χ1) is 6.74. The molecule has 1 aliphatic rings. The molecule has 1 aliphatic heterocycles. The van der Waals surface area contributed by atoms with Crippen LogP contribution in [0.3, 0.4) is 0 Å². The minimum absolute atomic E-state index is 0.0208. The molecule has 1 amide bonds. The van der Waals surface area contributed by atoms with Gasteiger partial charge in [-0.25, -0.2) is 9.67 Å². The zero-order valence-corrected chi connectivity index (χ0v) is 8.40. The molecule has 5 heteroatoms. The molecule has 1 fully saturated rings. The number of carbonyl (C=O) groups excluding carboxylic acids is 1. The van der Waals surface area contributed by atoms with E-state index in [-0.39, 0.29) is 17.5 Å². The molecular weight excluding hydrogens is 180 g/mol. The molecule has 0 aliphatic carbocycles. The van der Waals surface area contributed by atoms with Crippen LogP contribution in [0.2, 0.25) is 0 Å². The van der Waals surface area contributed by atoms with Gasteiger partial charge in [0.1, 0.15) is 18.8 Å². The van der Waals surface area contributed by atoms with E-state index >= 15 is 0 Å². The van der Waals surface area contributed by atoms with Crippen molar-refractivity contribution in [3.63, 3.8) is 0 Å². The zero-order valence-electron chi connectivity index (χ0n) is 8.40. The van der Waals surface area contributed by atoms with Crippen LogP contribution in [0, 0.1) is 5.41 Å². The van der Waals surface area contributed by atoms with E-state index in [4.69, 9.17) is 0 Å². The van der Waals surface area contributed by atoms with Gasteiger partial charge < -0.3 is 5.32 Å². The first-order valence-electron chi connectivity index (χ1n) is 4.89. The number of hydrogen-bond acceptors (Lipinski definition) is 3. The summed E-state index contributed by atoms with van der Waals surface area (Å²) < 4.78 is 1.72. The lowest BCUT2D eigenvalue weighted by molar-refractivity contribution is -0.152. The molecule has 2 heterocycles. The maximum absolute atomic E-state index is 11.5. The summed E-state index contributed by atoms with van der Waals surface area (Å²) in [6.45, 7) is 4.07. The number of aromatic nitrogens is 3. The van der Waals surface area contributed by atoms with Crippen LogP contribution >= 0.6 is 0 Å². The molecule has 0 spiro atoms. The highest BCUT2D eigenvalue weighted by Gasteiger charge is 2.53. The van der Waals surface area contributed by atoms with Crippen molar-refractivity contribution in [1.82, 2.24) is 20.1 Å². The normalized spacial score (nSPS) is 24.1. The second-order valence-electron chi connectivity index (χ2n) is 3.61. The van der Waals surface area contributed by atoms with Crippen LogP contribution in [-0.4, -0.2) is 20.7 Å². The summed E-state index contributed by atoms with van der Waals surface area (Å²) in [5.41, 5.74) is -0.284. The fourth-order valence-corrected chi connectivity index (χ4v) is 2.08. The highest BCUT2D eigenvalue weighted by atomic mass is 16.2. The standard InChI is InChI=1S/C9H14N4O/c1-3-9(4-2)7(12-8(9)14)13-6-10-5-11-13/h5-7H,3-4H2,1-2H3,(H,12,14). The van der Waals surface area contributed by atoms with Gasteiger partial charge in [-0.3, -0.25) is 4.79 Å². The van der Waals surface area contributed by atoms with Gasteiger partial charge in [-0.05, 0) is 12.8 Å². The van der Waals surface area contributed by atoms with Crippen LogP contribution < -0.4 is 5.32 Å². The van der Waals surface area contributed by atoms with Crippen molar-refractivity contribution in [3.05, 3.63) is 12.7 Å². The molecule has 14 heavy (non-hydrogen) atoms. The summed E-state index contributed by atoms with van der Waals surface area (Å²) in [4.78, 5) is 15.4. The molecule has 76 valence electrons. The van der Waals surface area contributed by atoms with Crippen LogP contribution in [0.5, 0.6) is 0 Å². The Balaban J connectivity index is 2.27. The fourth-order valence-electron chi connectivity index (χ4n) is 2.08. The summed E-state index contributed by atoms with van der Waals surface area (Å²) in [6.07, 6.45) is 4.78. The SMILES string of the molecule is CCC1(CC)C(=O)NC1n1cncn1. The van der Waals surface area contributed by atoms with Crippen molar-refractivity contribution in [2.75, 3.05) is 0 Å². The van der Waals surface area contributed by atoms with Gasteiger partial charge in [0.05, 0.1) is 5.41 Å². The molecule has 1 aromatic heterocycles. The molecule has 1 aromatic rings. The molecule has 0 radical (unpaired) electrons. The summed E-state index contributed by atoms with van der Waals surface area (Å²) in [6, 6.07) is 0. The van der Waals surface area contributed by atoms with Crippen molar-refractivity contribution < 1.29 is 4.79 Å². The molecular formula is C9H14N4O. The Morgan fingerprint density at radius 1 is 1.57 bits per heavy atom. The Labute approximate surface area is 82.5 Å². The average molecular weight is 194 g/mol. The summed E-state index contributed by atoms with van der Waals surface area (Å²) in [5, 5.41) is 6.91. The van der Waals surface area contributed by atoms with Crippen LogP contribution in [0.4, 0.5) is 0 Å². The highest BCUT2D eigenvalue weighted by Crippen LogP contribution is 2.43. The van der Waals surface area contributed by atoms with E-state index in [0.29, 0.717) is 0 Å². The molecule has 5 nitrogen and oxygen atoms in total. The minimum atomic E-state index is -0.284. The molecule has 1 saturated heterocycles. The van der Waals surface area contributed by atoms with Crippen molar-refractivity contribution >= 4 is 5.91 Å². The topological polar surface area (TPSA) is 59.8 Å². The Hall–Kier alpha value is -1.39. The van der Waals surface area contributed by atoms with E-state index in [9.17, 15) is 4.79 Å². The van der Waals surface area contributed by atoms with Crippen LogP contribution in [0.25, 0.3) is 0 Å². The lowest BCUT2D eigenvalue weighted by atomic mass is 9.72. The number of β-lactam (4-membered cyclic amide) rings is 1. The lowest BCUT2D eigenvalue weighted by Gasteiger charge is -2.47. The number of nitrogens with zero attached hydrogens (tertiary/aromatic N) is 3. The smallest absolute Gasteiger partial charge is 0.231 e. The summed E-state index contributed by atoms with van der Waals surface area (Å²) in [5.74, 6) is 0.128. The van der Waals surface area contributed by atoms with E-state index in [2.05, 4.69) is 15.4 Å². The number of amides is 1. The number of rotatable bonds is 3. The zero-order chi connectivity index (χ0) is 10.2. The molecule has 1 N–H and O–H groups in total. The Morgan fingerprint density at radius 2 is 2.29 bits per heavy atom. The Morgan fingerprint density at radius 3 is 2.71 bits per heavy atom. The first-order valence-corrected chi connectivity index (χ1v) is 4.89. The van der Waals surface area contributed by atoms with E-state index in [1.807, 2.05) is 13.8 Å². The minimum Gasteiger partial charge on any atom is -0.333 e. The maximum Gasteiger partial charge on any atom is 0.231 e. The number of carbonyl (C=O) groups is 1. The van der Waals surface area contributed by atoms with Gasteiger partial charge in [0.25, 0.3) is 0 Å². The first kappa shape index (κ1) is 9.18. The Kier molecular flexibility index (Phi) is 2.02. The van der Waals surface area contributed by atoms with Gasteiger partial charge in [-0.1, -0.05) is 13.8 Å². The van der Waals surface area contributed by atoms with Crippen molar-refractivity contribution in [1.29, 1.82) is 0 Å². The third kappa shape index (κ3) is 0.981. The van der Waals surface area contributed by atoms with E-state index in [1.165, 1.54) is 6.33 Å². The number of hydrogen-bond donors (Lipinski definition) is 1. The van der Waals surface area contributed by atoms with Crippen molar-refractivity contribution in [2.45, 2.75) is 32.9 Å². The van der Waals surface area contributed by atoms with Crippen LogP contribution in [0.15, 0.2) is 12.7 Å². The molecule has 0 bridgehead atoms. The third-order valence-corrected chi connectivity index (χ3v) is 3.21. The molecule has 0 aromatic carbocycles. The average Bonchev–Trinajstić information content (AvgIpc) is 2.69.